The van der Waals surface area contributed by atoms with Gasteiger partial charge in [-0.25, -0.2) is 0 Å². The van der Waals surface area contributed by atoms with Gasteiger partial charge in [-0.1, -0.05) is 0 Å². The summed E-state index contributed by atoms with van der Waals surface area (Å²) in [4.78, 5) is 0. The smallest absolute Gasteiger partial charge is 0.0771 e. The third-order valence-corrected chi connectivity index (χ3v) is 1.70. The maximum absolute atomic E-state index is 8.75. The Morgan fingerprint density at radius 2 is 1.47 bits per heavy atom. The van der Waals surface area contributed by atoms with E-state index in [0.29, 0.717) is 19.3 Å². The zero-order chi connectivity index (χ0) is 12.1. The summed E-state index contributed by atoms with van der Waals surface area (Å²) in [5.41, 5.74) is 0. The van der Waals surface area contributed by atoms with E-state index < -0.39 is 6.10 Å². The molecule has 94 valence electrons. The monoisotopic (exact) mass is 224 g/mol. The van der Waals surface area contributed by atoms with Gasteiger partial charge in [-0.2, -0.15) is 0 Å². The molecule has 0 aromatic heterocycles. The van der Waals surface area contributed by atoms with Gasteiger partial charge in [0.25, 0.3) is 0 Å². The van der Waals surface area contributed by atoms with Gasteiger partial charge in [-0.3, -0.25) is 0 Å². The van der Waals surface area contributed by atoms with E-state index in [9.17, 15) is 0 Å². The van der Waals surface area contributed by atoms with Crippen molar-refractivity contribution in [3.8, 4) is 0 Å². The van der Waals surface area contributed by atoms with Crippen molar-refractivity contribution in [3.05, 3.63) is 0 Å². The zero-order valence-corrected chi connectivity index (χ0v) is 9.34. The highest BCUT2D eigenvalue weighted by Crippen LogP contribution is 1.98. The van der Waals surface area contributed by atoms with Crippen LogP contribution >= 0.6 is 0 Å². The van der Waals surface area contributed by atoms with Gasteiger partial charge in [0.05, 0.1) is 18.8 Å². The van der Waals surface area contributed by atoms with Crippen molar-refractivity contribution in [3.63, 3.8) is 0 Å². The third-order valence-electron chi connectivity index (χ3n) is 1.70. The molecule has 0 aliphatic heterocycles. The molecule has 0 amide bonds. The molecular formula is C10H24O5. The molecule has 0 saturated carbocycles. The molecule has 0 heterocycles. The summed E-state index contributed by atoms with van der Waals surface area (Å²) < 4.78 is 0. The first-order valence-corrected chi connectivity index (χ1v) is 5.27. The Balaban J connectivity index is 0. The molecular weight excluding hydrogens is 200 g/mol. The molecule has 0 aliphatic carbocycles. The fourth-order valence-corrected chi connectivity index (χ4v) is 0.770. The highest BCUT2D eigenvalue weighted by molar-refractivity contribution is 4.51. The normalized spacial score (nSPS) is 14.0. The Hall–Kier alpha value is -0.200. The molecule has 0 bridgehead atoms. The Labute approximate surface area is 91.0 Å². The molecule has 5 heteroatoms. The molecule has 0 spiro atoms. The predicted molar refractivity (Wildman–Crippen MR) is 57.4 cm³/mol. The molecule has 15 heavy (non-hydrogen) atoms. The zero-order valence-electron chi connectivity index (χ0n) is 9.34. The molecule has 0 aliphatic rings. The number of aliphatic hydroxyl groups is 5. The minimum Gasteiger partial charge on any atom is -0.396 e. The topological polar surface area (TPSA) is 101 Å². The average molecular weight is 224 g/mol. The second kappa shape index (κ2) is 13.8. The minimum absolute atomic E-state index is 0.0810. The van der Waals surface area contributed by atoms with Crippen LogP contribution in [0.3, 0.4) is 0 Å². The van der Waals surface area contributed by atoms with Crippen LogP contribution < -0.4 is 0 Å². The summed E-state index contributed by atoms with van der Waals surface area (Å²) >= 11 is 0. The Kier molecular flexibility index (Phi) is 15.8. The Bertz CT molecular complexity index is 108. The molecule has 5 nitrogen and oxygen atoms in total. The first kappa shape index (κ1) is 17.2. The molecule has 0 aromatic carbocycles. The second-order valence-electron chi connectivity index (χ2n) is 3.42. The third kappa shape index (κ3) is 20.0. The van der Waals surface area contributed by atoms with E-state index in [4.69, 9.17) is 25.5 Å². The fraction of sp³-hybridized carbons (Fsp3) is 1.00. The molecule has 0 aromatic rings. The van der Waals surface area contributed by atoms with Crippen molar-refractivity contribution in [2.24, 2.45) is 0 Å². The number of rotatable bonds is 7. The van der Waals surface area contributed by atoms with Crippen molar-refractivity contribution in [1.29, 1.82) is 0 Å². The average Bonchev–Trinajstić information content (AvgIpc) is 2.18. The summed E-state index contributed by atoms with van der Waals surface area (Å²) in [7, 11) is 0. The molecule has 2 unspecified atom stereocenters. The molecule has 0 rings (SSSR count). The van der Waals surface area contributed by atoms with Gasteiger partial charge >= 0.3 is 0 Å². The number of unbranched alkanes of at least 4 members (excludes halogenated alkanes) is 1. The van der Waals surface area contributed by atoms with Crippen molar-refractivity contribution in [1.82, 2.24) is 0 Å². The van der Waals surface area contributed by atoms with Crippen LogP contribution in [0, 0.1) is 0 Å². The van der Waals surface area contributed by atoms with Gasteiger partial charge in [0.1, 0.15) is 0 Å². The lowest BCUT2D eigenvalue weighted by Crippen LogP contribution is -2.11. The highest BCUT2D eigenvalue weighted by atomic mass is 16.3. The molecule has 0 fully saturated rings. The fourth-order valence-electron chi connectivity index (χ4n) is 0.770. The van der Waals surface area contributed by atoms with E-state index in [2.05, 4.69) is 0 Å². The van der Waals surface area contributed by atoms with Crippen LogP contribution in [0.2, 0.25) is 0 Å². The standard InChI is InChI=1S/C6H14O3.C4H10O2/c7-4-2-1-3-6(9)5-8;1-4(6)2-3-5/h6-9H,1-5H2;4-6H,2-3H2,1H3. The van der Waals surface area contributed by atoms with Crippen molar-refractivity contribution >= 4 is 0 Å². The van der Waals surface area contributed by atoms with E-state index in [-0.39, 0.29) is 25.9 Å². The number of hydrogen-bond acceptors (Lipinski definition) is 5. The molecule has 5 N–H and O–H groups in total. The van der Waals surface area contributed by atoms with E-state index in [1.54, 1.807) is 6.92 Å². The van der Waals surface area contributed by atoms with Gasteiger partial charge in [0.2, 0.25) is 0 Å². The van der Waals surface area contributed by atoms with Gasteiger partial charge in [0, 0.05) is 13.2 Å². The van der Waals surface area contributed by atoms with Crippen LogP contribution in [0.25, 0.3) is 0 Å². The predicted octanol–water partition coefficient (Wildman–Crippen LogP) is -0.748. The first-order valence-electron chi connectivity index (χ1n) is 5.27. The Morgan fingerprint density at radius 1 is 0.867 bits per heavy atom. The number of hydrogen-bond donors (Lipinski definition) is 5. The van der Waals surface area contributed by atoms with Crippen LogP contribution in [0.4, 0.5) is 0 Å². The summed E-state index contributed by atoms with van der Waals surface area (Å²) in [5.74, 6) is 0. The molecule has 0 saturated heterocycles. The maximum atomic E-state index is 8.75. The van der Waals surface area contributed by atoms with Gasteiger partial charge in [-0.15, -0.1) is 0 Å². The van der Waals surface area contributed by atoms with Gasteiger partial charge in [0.15, 0.2) is 0 Å². The van der Waals surface area contributed by atoms with Crippen LogP contribution in [-0.4, -0.2) is 57.6 Å². The molecule has 0 radical (unpaired) electrons. The van der Waals surface area contributed by atoms with Gasteiger partial charge < -0.3 is 25.5 Å². The van der Waals surface area contributed by atoms with Crippen LogP contribution in [0.5, 0.6) is 0 Å². The van der Waals surface area contributed by atoms with E-state index in [1.165, 1.54) is 0 Å². The van der Waals surface area contributed by atoms with Crippen LogP contribution in [0.15, 0.2) is 0 Å². The lowest BCUT2D eigenvalue weighted by Gasteiger charge is -2.03. The summed E-state index contributed by atoms with van der Waals surface area (Å²) in [6.07, 6.45) is 1.60. The lowest BCUT2D eigenvalue weighted by molar-refractivity contribution is 0.0848. The minimum atomic E-state index is -0.600. The first-order chi connectivity index (χ1) is 7.08. The van der Waals surface area contributed by atoms with Crippen LogP contribution in [-0.2, 0) is 0 Å². The maximum Gasteiger partial charge on any atom is 0.0771 e. The van der Waals surface area contributed by atoms with E-state index in [0.717, 1.165) is 6.42 Å². The second-order valence-corrected chi connectivity index (χ2v) is 3.42. The Morgan fingerprint density at radius 3 is 1.73 bits per heavy atom. The van der Waals surface area contributed by atoms with Crippen molar-refractivity contribution in [2.45, 2.75) is 44.8 Å². The highest BCUT2D eigenvalue weighted by Gasteiger charge is 1.99. The van der Waals surface area contributed by atoms with Gasteiger partial charge in [-0.05, 0) is 32.6 Å². The SMILES string of the molecule is CC(O)CCO.OCCCCC(O)CO. The van der Waals surface area contributed by atoms with E-state index in [1.807, 2.05) is 0 Å². The quantitative estimate of drug-likeness (QED) is 0.366. The van der Waals surface area contributed by atoms with E-state index >= 15 is 0 Å². The summed E-state index contributed by atoms with van der Waals surface area (Å²) in [6, 6.07) is 0. The lowest BCUT2D eigenvalue weighted by atomic mass is 10.2. The molecule has 2 atom stereocenters. The van der Waals surface area contributed by atoms with Crippen LogP contribution in [0.1, 0.15) is 32.6 Å². The summed E-state index contributed by atoms with van der Waals surface area (Å²) in [6.45, 7) is 1.72. The number of aliphatic hydroxyl groups excluding tert-OH is 5. The van der Waals surface area contributed by atoms with Crippen molar-refractivity contribution < 1.29 is 25.5 Å². The van der Waals surface area contributed by atoms with Crippen molar-refractivity contribution in [2.75, 3.05) is 19.8 Å². The summed E-state index contributed by atoms with van der Waals surface area (Å²) in [5, 5.41) is 41.9. The largest absolute Gasteiger partial charge is 0.396 e.